The van der Waals surface area contributed by atoms with Crippen LogP contribution in [0, 0.1) is 6.92 Å². The fourth-order valence-corrected chi connectivity index (χ4v) is 4.02. The van der Waals surface area contributed by atoms with Crippen LogP contribution in [-0.4, -0.2) is 27.2 Å². The van der Waals surface area contributed by atoms with Gasteiger partial charge >= 0.3 is 0 Å². The van der Waals surface area contributed by atoms with Gasteiger partial charge in [-0.1, -0.05) is 5.16 Å². The topological polar surface area (TPSA) is 84.2 Å². The van der Waals surface area contributed by atoms with Gasteiger partial charge < -0.3 is 9.84 Å². The van der Waals surface area contributed by atoms with Gasteiger partial charge in [-0.2, -0.15) is 0 Å². The Labute approximate surface area is 122 Å². The third kappa shape index (κ3) is 3.89. The number of hydrogen-bond donors (Lipinski definition) is 2. The molecule has 2 aromatic rings. The predicted octanol–water partition coefficient (Wildman–Crippen LogP) is 1.28. The van der Waals surface area contributed by atoms with E-state index in [2.05, 4.69) is 15.2 Å². The van der Waals surface area contributed by atoms with Gasteiger partial charge in [-0.15, -0.1) is 11.3 Å². The quantitative estimate of drug-likeness (QED) is 0.804. The van der Waals surface area contributed by atoms with Crippen LogP contribution in [0.3, 0.4) is 0 Å². The van der Waals surface area contributed by atoms with E-state index in [9.17, 15) is 8.42 Å². The Kier molecular flexibility index (Phi) is 4.92. The van der Waals surface area contributed by atoms with E-state index in [0.29, 0.717) is 9.97 Å². The highest BCUT2D eigenvalue weighted by Gasteiger charge is 2.17. The Bertz CT molecular complexity index is 661. The van der Waals surface area contributed by atoms with Gasteiger partial charge in [0.2, 0.25) is 10.0 Å². The maximum atomic E-state index is 12.1. The van der Waals surface area contributed by atoms with E-state index in [1.54, 1.807) is 19.1 Å². The maximum Gasteiger partial charge on any atom is 0.250 e. The van der Waals surface area contributed by atoms with Crippen molar-refractivity contribution in [3.63, 3.8) is 0 Å². The first kappa shape index (κ1) is 15.2. The molecule has 110 valence electrons. The van der Waals surface area contributed by atoms with Crippen LogP contribution in [0.1, 0.15) is 16.3 Å². The maximum absolute atomic E-state index is 12.1. The lowest BCUT2D eigenvalue weighted by atomic mass is 10.3. The van der Waals surface area contributed by atoms with Crippen molar-refractivity contribution in [3.05, 3.63) is 34.5 Å². The molecule has 0 unspecified atom stereocenters. The zero-order valence-electron chi connectivity index (χ0n) is 11.3. The lowest BCUT2D eigenvalue weighted by Crippen LogP contribution is -2.22. The van der Waals surface area contributed by atoms with Gasteiger partial charge in [0, 0.05) is 10.9 Å². The molecule has 2 heterocycles. The molecule has 0 radical (unpaired) electrons. The summed E-state index contributed by atoms with van der Waals surface area (Å²) in [5, 5.41) is 6.75. The molecule has 0 bridgehead atoms. The van der Waals surface area contributed by atoms with Crippen LogP contribution < -0.4 is 10.0 Å². The Morgan fingerprint density at radius 3 is 2.85 bits per heavy atom. The largest absolute Gasteiger partial charge is 0.360 e. The molecule has 0 saturated carbocycles. The van der Waals surface area contributed by atoms with Crippen LogP contribution in [0.15, 0.2) is 26.9 Å². The number of hydrogen-bond acceptors (Lipinski definition) is 6. The highest BCUT2D eigenvalue weighted by Crippen LogP contribution is 2.22. The van der Waals surface area contributed by atoms with Crippen molar-refractivity contribution < 1.29 is 12.9 Å². The third-order valence-corrected chi connectivity index (χ3v) is 5.67. The van der Waals surface area contributed by atoms with E-state index in [1.165, 1.54) is 11.3 Å². The van der Waals surface area contributed by atoms with Gasteiger partial charge in [0.05, 0.1) is 12.2 Å². The first-order chi connectivity index (χ1) is 9.51. The molecule has 2 aromatic heterocycles. The molecular weight excluding hydrogens is 298 g/mol. The van der Waals surface area contributed by atoms with Crippen molar-refractivity contribution in [3.8, 4) is 0 Å². The van der Waals surface area contributed by atoms with Crippen molar-refractivity contribution >= 4 is 21.4 Å². The lowest BCUT2D eigenvalue weighted by Gasteiger charge is -2.01. The van der Waals surface area contributed by atoms with Crippen LogP contribution in [0.25, 0.3) is 0 Å². The smallest absolute Gasteiger partial charge is 0.250 e. The van der Waals surface area contributed by atoms with E-state index in [1.807, 2.05) is 13.1 Å². The molecule has 0 saturated heterocycles. The van der Waals surface area contributed by atoms with Gasteiger partial charge in [-0.05, 0) is 39.1 Å². The van der Waals surface area contributed by atoms with Gasteiger partial charge in [-0.3, -0.25) is 0 Å². The Balaban J connectivity index is 2.00. The molecule has 6 nitrogen and oxygen atoms in total. The number of likely N-dealkylation sites (N-methyl/N-ethyl adjacent to an activating group) is 1. The molecule has 2 N–H and O–H groups in total. The zero-order chi connectivity index (χ0) is 14.6. The monoisotopic (exact) mass is 315 g/mol. The summed E-state index contributed by atoms with van der Waals surface area (Å²) in [6.07, 6.45) is 0.817. The number of aromatic nitrogens is 1. The number of rotatable bonds is 7. The van der Waals surface area contributed by atoms with Crippen LogP contribution in [0.2, 0.25) is 0 Å². The summed E-state index contributed by atoms with van der Waals surface area (Å²) in [6.45, 7) is 2.71. The van der Waals surface area contributed by atoms with Gasteiger partial charge in [-0.25, -0.2) is 13.1 Å². The Morgan fingerprint density at radius 1 is 1.40 bits per heavy atom. The zero-order valence-corrected chi connectivity index (χ0v) is 13.0. The summed E-state index contributed by atoms with van der Waals surface area (Å²) in [6, 6.07) is 5.17. The van der Waals surface area contributed by atoms with Crippen molar-refractivity contribution in [2.45, 2.75) is 24.1 Å². The minimum atomic E-state index is -3.49. The second-order valence-electron chi connectivity index (χ2n) is 4.33. The van der Waals surface area contributed by atoms with Gasteiger partial charge in [0.25, 0.3) is 0 Å². The van der Waals surface area contributed by atoms with Crippen LogP contribution >= 0.6 is 11.3 Å². The second kappa shape index (κ2) is 6.49. The number of nitrogens with one attached hydrogen (secondary N) is 2. The average Bonchev–Trinajstić information content (AvgIpc) is 3.03. The number of thiophene rings is 1. The van der Waals surface area contributed by atoms with E-state index < -0.39 is 10.0 Å². The number of nitrogens with zero attached hydrogens (tertiary/aromatic N) is 1. The normalized spacial score (nSPS) is 11.9. The Hall–Kier alpha value is -1.22. The summed E-state index contributed by atoms with van der Waals surface area (Å²) in [7, 11) is -1.63. The molecule has 0 atom stereocenters. The van der Waals surface area contributed by atoms with Crippen molar-refractivity contribution in [1.29, 1.82) is 0 Å². The molecule has 0 aliphatic rings. The minimum absolute atomic E-state index is 0.104. The van der Waals surface area contributed by atoms with Crippen molar-refractivity contribution in [1.82, 2.24) is 15.2 Å². The van der Waals surface area contributed by atoms with Gasteiger partial charge in [0.15, 0.2) is 5.76 Å². The molecule has 0 aliphatic carbocycles. The van der Waals surface area contributed by atoms with Crippen molar-refractivity contribution in [2.75, 3.05) is 13.6 Å². The molecular formula is C12H17N3O3S2. The average molecular weight is 315 g/mol. The molecule has 20 heavy (non-hydrogen) atoms. The summed E-state index contributed by atoms with van der Waals surface area (Å²) in [5.74, 6) is 0.498. The SMILES string of the molecule is CNCCc1ccc(S(=O)(=O)NCc2cc(C)no2)s1. The van der Waals surface area contributed by atoms with Crippen LogP contribution in [0.4, 0.5) is 0 Å². The first-order valence-electron chi connectivity index (χ1n) is 6.16. The fraction of sp³-hybridized carbons (Fsp3) is 0.417. The Morgan fingerprint density at radius 2 is 2.20 bits per heavy atom. The minimum Gasteiger partial charge on any atom is -0.360 e. The summed E-state index contributed by atoms with van der Waals surface area (Å²) in [4.78, 5) is 1.04. The number of sulfonamides is 1. The van der Waals surface area contributed by atoms with E-state index in [4.69, 9.17) is 4.52 Å². The van der Waals surface area contributed by atoms with Crippen LogP contribution in [0.5, 0.6) is 0 Å². The third-order valence-electron chi connectivity index (χ3n) is 2.64. The van der Waals surface area contributed by atoms with E-state index >= 15 is 0 Å². The highest BCUT2D eigenvalue weighted by molar-refractivity contribution is 7.91. The molecule has 0 aliphatic heterocycles. The van der Waals surface area contributed by atoms with E-state index in [-0.39, 0.29) is 6.54 Å². The molecule has 2 rings (SSSR count). The van der Waals surface area contributed by atoms with Gasteiger partial charge in [0.1, 0.15) is 4.21 Å². The molecule has 0 fully saturated rings. The highest BCUT2D eigenvalue weighted by atomic mass is 32.2. The van der Waals surface area contributed by atoms with E-state index in [0.717, 1.165) is 23.5 Å². The summed E-state index contributed by atoms with van der Waals surface area (Å²) < 4.78 is 32.0. The summed E-state index contributed by atoms with van der Waals surface area (Å²) >= 11 is 1.28. The first-order valence-corrected chi connectivity index (χ1v) is 8.46. The molecule has 0 aromatic carbocycles. The van der Waals surface area contributed by atoms with Crippen molar-refractivity contribution in [2.24, 2.45) is 0 Å². The standard InChI is InChI=1S/C12H17N3O3S2/c1-9-7-10(18-15-9)8-14-20(16,17)12-4-3-11(19-12)5-6-13-2/h3-4,7,13-14H,5-6,8H2,1-2H3. The molecule has 0 spiro atoms. The predicted molar refractivity (Wildman–Crippen MR) is 77.2 cm³/mol. The summed E-state index contributed by atoms with van der Waals surface area (Å²) in [5.41, 5.74) is 0.727. The second-order valence-corrected chi connectivity index (χ2v) is 7.50. The lowest BCUT2D eigenvalue weighted by molar-refractivity contribution is 0.377. The molecule has 8 heteroatoms. The fourth-order valence-electron chi connectivity index (χ4n) is 1.62. The number of aryl methyl sites for hydroxylation is 1. The molecule has 0 amide bonds. The van der Waals surface area contributed by atoms with Crippen LogP contribution in [-0.2, 0) is 23.0 Å².